The zero-order valence-corrected chi connectivity index (χ0v) is 9.64. The van der Waals surface area contributed by atoms with Gasteiger partial charge in [0.1, 0.15) is 0 Å². The van der Waals surface area contributed by atoms with E-state index in [1.807, 2.05) is 30.3 Å². The molecule has 0 saturated heterocycles. The van der Waals surface area contributed by atoms with Crippen molar-refractivity contribution in [3.8, 4) is 0 Å². The fourth-order valence-electron chi connectivity index (χ4n) is 1.52. The van der Waals surface area contributed by atoms with Crippen molar-refractivity contribution in [2.75, 3.05) is 20.7 Å². The molecule has 0 aliphatic rings. The molecule has 1 rings (SSSR count). The lowest BCUT2D eigenvalue weighted by Crippen LogP contribution is -2.30. The lowest BCUT2D eigenvalue weighted by atomic mass is 10.2. The van der Waals surface area contributed by atoms with Crippen molar-refractivity contribution in [1.82, 2.24) is 9.88 Å². The molecule has 0 amide bonds. The Morgan fingerprint density at radius 2 is 2.44 bits per heavy atom. The first-order valence-electron chi connectivity index (χ1n) is 5.17. The summed E-state index contributed by atoms with van der Waals surface area (Å²) in [6.07, 6.45) is 1.20. The van der Waals surface area contributed by atoms with Crippen LogP contribution in [0.1, 0.15) is 12.1 Å². The van der Waals surface area contributed by atoms with Crippen LogP contribution in [-0.2, 0) is 16.1 Å². The molecule has 0 bridgehead atoms. The molecule has 0 fully saturated rings. The largest absolute Gasteiger partial charge is 0.469 e. The second-order valence-electron chi connectivity index (χ2n) is 3.83. The summed E-state index contributed by atoms with van der Waals surface area (Å²) in [6.45, 7) is 1.15. The van der Waals surface area contributed by atoms with Crippen LogP contribution in [0.25, 0.3) is 0 Å². The van der Waals surface area contributed by atoms with Crippen LogP contribution in [0.15, 0.2) is 18.3 Å². The van der Waals surface area contributed by atoms with Gasteiger partial charge in [-0.25, -0.2) is 0 Å². The SMILES string of the molecule is COC(=O)CC(O)CN(C)Cc1ccc[nH]1. The van der Waals surface area contributed by atoms with Crippen LogP contribution in [0.5, 0.6) is 0 Å². The van der Waals surface area contributed by atoms with Crippen molar-refractivity contribution in [2.24, 2.45) is 0 Å². The van der Waals surface area contributed by atoms with Gasteiger partial charge in [-0.3, -0.25) is 9.69 Å². The summed E-state index contributed by atoms with van der Waals surface area (Å²) < 4.78 is 4.48. The van der Waals surface area contributed by atoms with Gasteiger partial charge < -0.3 is 14.8 Å². The number of ether oxygens (including phenoxy) is 1. The number of carbonyl (C=O) groups excluding carboxylic acids is 1. The van der Waals surface area contributed by atoms with Gasteiger partial charge in [-0.1, -0.05) is 0 Å². The molecule has 0 saturated carbocycles. The van der Waals surface area contributed by atoms with Gasteiger partial charge in [-0.05, 0) is 19.2 Å². The number of H-pyrrole nitrogens is 1. The van der Waals surface area contributed by atoms with E-state index in [9.17, 15) is 9.90 Å². The van der Waals surface area contributed by atoms with Crippen LogP contribution in [-0.4, -0.2) is 47.8 Å². The minimum atomic E-state index is -0.688. The maximum Gasteiger partial charge on any atom is 0.308 e. The molecule has 0 aliphatic carbocycles. The van der Waals surface area contributed by atoms with Crippen LogP contribution in [0.4, 0.5) is 0 Å². The first kappa shape index (κ1) is 12.7. The fourth-order valence-corrected chi connectivity index (χ4v) is 1.52. The van der Waals surface area contributed by atoms with Crippen LogP contribution < -0.4 is 0 Å². The van der Waals surface area contributed by atoms with E-state index >= 15 is 0 Å². The molecule has 5 nitrogen and oxygen atoms in total. The number of aromatic amines is 1. The number of nitrogens with one attached hydrogen (secondary N) is 1. The van der Waals surface area contributed by atoms with Gasteiger partial charge in [0, 0.05) is 25.0 Å². The standard InChI is InChI=1S/C11H18N2O3/c1-13(7-9-4-3-5-12-9)8-10(14)6-11(15)16-2/h3-5,10,12,14H,6-8H2,1-2H3. The third-order valence-electron chi connectivity index (χ3n) is 2.26. The summed E-state index contributed by atoms with van der Waals surface area (Å²) in [5, 5.41) is 9.60. The van der Waals surface area contributed by atoms with Crippen LogP contribution in [0.2, 0.25) is 0 Å². The zero-order valence-electron chi connectivity index (χ0n) is 9.64. The van der Waals surface area contributed by atoms with Gasteiger partial charge in [0.05, 0.1) is 19.6 Å². The highest BCUT2D eigenvalue weighted by Gasteiger charge is 2.13. The first-order valence-corrected chi connectivity index (χ1v) is 5.17. The lowest BCUT2D eigenvalue weighted by Gasteiger charge is -2.19. The Labute approximate surface area is 95.0 Å². The van der Waals surface area contributed by atoms with E-state index in [4.69, 9.17) is 0 Å². The number of aromatic nitrogens is 1. The van der Waals surface area contributed by atoms with Gasteiger partial charge >= 0.3 is 5.97 Å². The van der Waals surface area contributed by atoms with E-state index in [2.05, 4.69) is 9.72 Å². The van der Waals surface area contributed by atoms with E-state index in [1.54, 1.807) is 0 Å². The van der Waals surface area contributed by atoms with Gasteiger partial charge in [0.25, 0.3) is 0 Å². The van der Waals surface area contributed by atoms with Crippen LogP contribution >= 0.6 is 0 Å². The Morgan fingerprint density at radius 3 is 3.00 bits per heavy atom. The summed E-state index contributed by atoms with van der Waals surface area (Å²) in [6, 6.07) is 3.90. The number of hydrogen-bond donors (Lipinski definition) is 2. The van der Waals surface area contributed by atoms with E-state index in [0.717, 1.165) is 5.69 Å². The van der Waals surface area contributed by atoms with E-state index < -0.39 is 6.10 Å². The Hall–Kier alpha value is -1.33. The third-order valence-corrected chi connectivity index (χ3v) is 2.26. The summed E-state index contributed by atoms with van der Waals surface area (Å²) >= 11 is 0. The quantitative estimate of drug-likeness (QED) is 0.688. The fraction of sp³-hybridized carbons (Fsp3) is 0.545. The monoisotopic (exact) mass is 226 g/mol. The number of aliphatic hydroxyl groups is 1. The Balaban J connectivity index is 2.28. The van der Waals surface area contributed by atoms with Crippen molar-refractivity contribution in [1.29, 1.82) is 0 Å². The first-order chi connectivity index (χ1) is 7.61. The highest BCUT2D eigenvalue weighted by Crippen LogP contribution is 2.02. The summed E-state index contributed by atoms with van der Waals surface area (Å²) in [7, 11) is 3.21. The van der Waals surface area contributed by atoms with Crippen molar-refractivity contribution in [3.63, 3.8) is 0 Å². The Bertz CT molecular complexity index is 311. The molecule has 90 valence electrons. The molecule has 0 aliphatic heterocycles. The second kappa shape index (κ2) is 6.30. The molecule has 0 spiro atoms. The molecule has 1 aromatic heterocycles. The lowest BCUT2D eigenvalue weighted by molar-refractivity contribution is -0.143. The second-order valence-corrected chi connectivity index (χ2v) is 3.83. The van der Waals surface area contributed by atoms with Gasteiger partial charge in [0.2, 0.25) is 0 Å². The van der Waals surface area contributed by atoms with Gasteiger partial charge in [0.15, 0.2) is 0 Å². The minimum Gasteiger partial charge on any atom is -0.469 e. The minimum absolute atomic E-state index is 0.0333. The Kier molecular flexibility index (Phi) is 5.01. The molecular weight excluding hydrogens is 208 g/mol. The highest BCUT2D eigenvalue weighted by atomic mass is 16.5. The molecule has 16 heavy (non-hydrogen) atoms. The smallest absolute Gasteiger partial charge is 0.308 e. The average Bonchev–Trinajstić information content (AvgIpc) is 2.69. The maximum absolute atomic E-state index is 10.9. The van der Waals surface area contributed by atoms with Crippen molar-refractivity contribution in [2.45, 2.75) is 19.1 Å². The van der Waals surface area contributed by atoms with Gasteiger partial charge in [-0.2, -0.15) is 0 Å². The normalized spacial score (nSPS) is 12.8. The predicted octanol–water partition coefficient (Wildman–Crippen LogP) is 0.370. The van der Waals surface area contributed by atoms with Crippen molar-refractivity contribution in [3.05, 3.63) is 24.0 Å². The average molecular weight is 226 g/mol. The summed E-state index contributed by atoms with van der Waals surface area (Å²) in [5.41, 5.74) is 1.08. The molecular formula is C11H18N2O3. The number of likely N-dealkylation sites (N-methyl/N-ethyl adjacent to an activating group) is 1. The number of esters is 1. The molecule has 1 heterocycles. The van der Waals surface area contributed by atoms with Gasteiger partial charge in [-0.15, -0.1) is 0 Å². The summed E-state index contributed by atoms with van der Waals surface area (Å²) in [5.74, 6) is -0.388. The van der Waals surface area contributed by atoms with E-state index in [-0.39, 0.29) is 12.4 Å². The zero-order chi connectivity index (χ0) is 12.0. The number of aliphatic hydroxyl groups excluding tert-OH is 1. The van der Waals surface area contributed by atoms with Crippen LogP contribution in [0.3, 0.4) is 0 Å². The molecule has 2 N–H and O–H groups in total. The number of methoxy groups -OCH3 is 1. The summed E-state index contributed by atoms with van der Waals surface area (Å²) in [4.78, 5) is 15.9. The molecule has 5 heteroatoms. The van der Waals surface area contributed by atoms with Crippen molar-refractivity contribution >= 4 is 5.97 Å². The highest BCUT2D eigenvalue weighted by molar-refractivity contribution is 5.69. The predicted molar refractivity (Wildman–Crippen MR) is 59.8 cm³/mol. The maximum atomic E-state index is 10.9. The number of carbonyl (C=O) groups is 1. The molecule has 0 radical (unpaired) electrons. The third kappa shape index (κ3) is 4.46. The van der Waals surface area contributed by atoms with Crippen molar-refractivity contribution < 1.29 is 14.6 Å². The number of nitrogens with zero attached hydrogens (tertiary/aromatic N) is 1. The van der Waals surface area contributed by atoms with E-state index in [0.29, 0.717) is 13.1 Å². The molecule has 0 aromatic carbocycles. The van der Waals surface area contributed by atoms with Crippen LogP contribution in [0, 0.1) is 0 Å². The molecule has 1 atom stereocenters. The topological polar surface area (TPSA) is 65.6 Å². The Morgan fingerprint density at radius 1 is 1.69 bits per heavy atom. The number of rotatable bonds is 6. The number of hydrogen-bond acceptors (Lipinski definition) is 4. The van der Waals surface area contributed by atoms with E-state index in [1.165, 1.54) is 7.11 Å². The molecule has 1 unspecified atom stereocenters. The molecule has 1 aromatic rings.